The van der Waals surface area contributed by atoms with Crippen LogP contribution in [0.4, 0.5) is 0 Å². The van der Waals surface area contributed by atoms with E-state index in [1.165, 1.54) is 6.08 Å². The summed E-state index contributed by atoms with van der Waals surface area (Å²) in [6, 6.07) is 7.90. The molecule has 0 unspecified atom stereocenters. The van der Waals surface area contributed by atoms with Crippen LogP contribution < -0.4 is 0 Å². The molecule has 1 aromatic rings. The second-order valence-electron chi connectivity index (χ2n) is 3.02. The van der Waals surface area contributed by atoms with E-state index in [0.717, 1.165) is 10.0 Å². The van der Waals surface area contributed by atoms with E-state index in [1.54, 1.807) is 19.1 Å². The van der Waals surface area contributed by atoms with Gasteiger partial charge in [-0.2, -0.15) is 0 Å². The van der Waals surface area contributed by atoms with Gasteiger partial charge in [0.15, 0.2) is 0 Å². The fraction of sp³-hybridized carbons (Fsp3) is 0.154. The summed E-state index contributed by atoms with van der Waals surface area (Å²) in [5.41, 5.74) is 1.08. The number of ether oxygens (including phenoxy) is 1. The van der Waals surface area contributed by atoms with Crippen LogP contribution in [0.25, 0.3) is 6.08 Å². The standard InChI is InChI=1S/C13H13BrO2/c1-2-16-13(15)6-4-3-5-11-7-9-12(14)10-8-11/h3-10H,2H2,1H3/b5-3+,6-4+. The molecule has 0 heterocycles. The van der Waals surface area contributed by atoms with Crippen molar-refractivity contribution < 1.29 is 9.53 Å². The van der Waals surface area contributed by atoms with E-state index in [9.17, 15) is 4.79 Å². The highest BCUT2D eigenvalue weighted by Gasteiger charge is 1.90. The van der Waals surface area contributed by atoms with Crippen LogP contribution in [-0.2, 0) is 9.53 Å². The molecule has 0 N–H and O–H groups in total. The number of esters is 1. The van der Waals surface area contributed by atoms with E-state index in [2.05, 4.69) is 15.9 Å². The Kier molecular flexibility index (Phi) is 5.57. The lowest BCUT2D eigenvalue weighted by molar-refractivity contribution is -0.137. The minimum absolute atomic E-state index is 0.317. The van der Waals surface area contributed by atoms with E-state index in [4.69, 9.17) is 4.74 Å². The van der Waals surface area contributed by atoms with Gasteiger partial charge in [-0.25, -0.2) is 4.79 Å². The van der Waals surface area contributed by atoms with Crippen LogP contribution in [0.15, 0.2) is 47.0 Å². The topological polar surface area (TPSA) is 26.3 Å². The molecule has 1 rings (SSSR count). The third-order valence-electron chi connectivity index (χ3n) is 1.79. The van der Waals surface area contributed by atoms with Gasteiger partial charge in [0.1, 0.15) is 0 Å². The maximum absolute atomic E-state index is 10.9. The minimum Gasteiger partial charge on any atom is -0.463 e. The van der Waals surface area contributed by atoms with Gasteiger partial charge in [-0.15, -0.1) is 0 Å². The summed E-state index contributed by atoms with van der Waals surface area (Å²) in [5, 5.41) is 0. The quantitative estimate of drug-likeness (QED) is 0.479. The van der Waals surface area contributed by atoms with Crippen LogP contribution in [-0.4, -0.2) is 12.6 Å². The lowest BCUT2D eigenvalue weighted by Crippen LogP contribution is -1.98. The summed E-state index contributed by atoms with van der Waals surface area (Å²) < 4.78 is 5.79. The van der Waals surface area contributed by atoms with E-state index < -0.39 is 0 Å². The molecule has 0 bridgehead atoms. The number of benzene rings is 1. The molecule has 0 radical (unpaired) electrons. The molecule has 0 fully saturated rings. The zero-order valence-corrected chi connectivity index (χ0v) is 10.6. The summed E-state index contributed by atoms with van der Waals surface area (Å²) in [5.74, 6) is -0.317. The molecule has 0 aromatic heterocycles. The molecular formula is C13H13BrO2. The second kappa shape index (κ2) is 7.01. The average molecular weight is 281 g/mol. The summed E-state index contributed by atoms with van der Waals surface area (Å²) >= 11 is 3.36. The smallest absolute Gasteiger partial charge is 0.330 e. The Hall–Kier alpha value is -1.35. The van der Waals surface area contributed by atoms with Gasteiger partial charge >= 0.3 is 5.97 Å². The molecule has 0 saturated heterocycles. The van der Waals surface area contributed by atoms with Crippen molar-refractivity contribution in [2.45, 2.75) is 6.92 Å². The van der Waals surface area contributed by atoms with Crippen LogP contribution in [0.5, 0.6) is 0 Å². The van der Waals surface area contributed by atoms with Crippen molar-refractivity contribution in [3.05, 3.63) is 52.5 Å². The van der Waals surface area contributed by atoms with Crippen molar-refractivity contribution in [3.63, 3.8) is 0 Å². The van der Waals surface area contributed by atoms with Crippen molar-refractivity contribution in [2.24, 2.45) is 0 Å². The van der Waals surface area contributed by atoms with E-state index >= 15 is 0 Å². The number of rotatable bonds is 4. The van der Waals surface area contributed by atoms with E-state index in [1.807, 2.05) is 30.3 Å². The SMILES string of the molecule is CCOC(=O)/C=C/C=C/c1ccc(Br)cc1. The normalized spacial score (nSPS) is 11.1. The Morgan fingerprint density at radius 1 is 1.31 bits per heavy atom. The molecule has 3 heteroatoms. The molecule has 0 amide bonds. The van der Waals surface area contributed by atoms with Gasteiger partial charge in [-0.05, 0) is 24.6 Å². The van der Waals surface area contributed by atoms with Crippen molar-refractivity contribution in [1.29, 1.82) is 0 Å². The van der Waals surface area contributed by atoms with Gasteiger partial charge in [-0.3, -0.25) is 0 Å². The van der Waals surface area contributed by atoms with E-state index in [-0.39, 0.29) is 5.97 Å². The van der Waals surface area contributed by atoms with Gasteiger partial charge in [0.05, 0.1) is 6.61 Å². The molecule has 16 heavy (non-hydrogen) atoms. The fourth-order valence-corrected chi connectivity index (χ4v) is 1.33. The van der Waals surface area contributed by atoms with Crippen molar-refractivity contribution in [3.8, 4) is 0 Å². The monoisotopic (exact) mass is 280 g/mol. The number of allylic oxidation sites excluding steroid dienone is 2. The van der Waals surface area contributed by atoms with Crippen LogP contribution in [0.2, 0.25) is 0 Å². The van der Waals surface area contributed by atoms with Crippen LogP contribution >= 0.6 is 15.9 Å². The summed E-state index contributed by atoms with van der Waals surface area (Å²) in [4.78, 5) is 10.9. The Morgan fingerprint density at radius 3 is 2.62 bits per heavy atom. The maximum Gasteiger partial charge on any atom is 0.330 e. The highest BCUT2D eigenvalue weighted by Crippen LogP contribution is 2.11. The predicted octanol–water partition coefficient (Wildman–Crippen LogP) is 3.58. The highest BCUT2D eigenvalue weighted by molar-refractivity contribution is 9.10. The predicted molar refractivity (Wildman–Crippen MR) is 68.9 cm³/mol. The van der Waals surface area contributed by atoms with Crippen molar-refractivity contribution >= 4 is 28.0 Å². The molecule has 0 aliphatic heterocycles. The molecule has 0 saturated carbocycles. The Balaban J connectivity index is 2.48. The van der Waals surface area contributed by atoms with Crippen LogP contribution in [0.1, 0.15) is 12.5 Å². The summed E-state index contributed by atoms with van der Waals surface area (Å²) in [7, 11) is 0. The molecular weight excluding hydrogens is 268 g/mol. The van der Waals surface area contributed by atoms with Gasteiger partial charge in [-0.1, -0.05) is 46.3 Å². The third-order valence-corrected chi connectivity index (χ3v) is 2.32. The first-order valence-corrected chi connectivity index (χ1v) is 5.78. The maximum atomic E-state index is 10.9. The number of hydrogen-bond acceptors (Lipinski definition) is 2. The lowest BCUT2D eigenvalue weighted by Gasteiger charge is -1.93. The second-order valence-corrected chi connectivity index (χ2v) is 3.94. The first kappa shape index (κ1) is 12.7. The lowest BCUT2D eigenvalue weighted by atomic mass is 10.2. The largest absolute Gasteiger partial charge is 0.463 e. The molecule has 0 spiro atoms. The number of hydrogen-bond donors (Lipinski definition) is 0. The fourth-order valence-electron chi connectivity index (χ4n) is 1.07. The molecule has 2 nitrogen and oxygen atoms in total. The number of carbonyl (C=O) groups excluding carboxylic acids is 1. The molecule has 0 atom stereocenters. The highest BCUT2D eigenvalue weighted by atomic mass is 79.9. The Morgan fingerprint density at radius 2 is 2.00 bits per heavy atom. The minimum atomic E-state index is -0.317. The van der Waals surface area contributed by atoms with Crippen molar-refractivity contribution in [1.82, 2.24) is 0 Å². The van der Waals surface area contributed by atoms with Gasteiger partial charge < -0.3 is 4.74 Å². The molecule has 0 aliphatic rings. The van der Waals surface area contributed by atoms with Gasteiger partial charge in [0.2, 0.25) is 0 Å². The first-order valence-electron chi connectivity index (χ1n) is 4.99. The van der Waals surface area contributed by atoms with Crippen LogP contribution in [0, 0.1) is 0 Å². The average Bonchev–Trinajstić information content (AvgIpc) is 2.27. The Labute approximate surface area is 104 Å². The molecule has 0 aliphatic carbocycles. The molecule has 1 aromatic carbocycles. The zero-order chi connectivity index (χ0) is 11.8. The third kappa shape index (κ3) is 4.94. The first-order chi connectivity index (χ1) is 7.72. The van der Waals surface area contributed by atoms with Crippen LogP contribution in [0.3, 0.4) is 0 Å². The molecule has 84 valence electrons. The van der Waals surface area contributed by atoms with E-state index in [0.29, 0.717) is 6.61 Å². The number of halogens is 1. The zero-order valence-electron chi connectivity index (χ0n) is 9.02. The van der Waals surface area contributed by atoms with Gasteiger partial charge in [0.25, 0.3) is 0 Å². The summed E-state index contributed by atoms with van der Waals surface area (Å²) in [6.07, 6.45) is 6.79. The van der Waals surface area contributed by atoms with Gasteiger partial charge in [0, 0.05) is 10.5 Å². The van der Waals surface area contributed by atoms with Crippen molar-refractivity contribution in [2.75, 3.05) is 6.61 Å². The Bertz CT molecular complexity index is 391. The number of carbonyl (C=O) groups is 1. The summed E-state index contributed by atoms with van der Waals surface area (Å²) in [6.45, 7) is 2.18.